The molecule has 2 amide bonds. The molecule has 0 spiro atoms. The van der Waals surface area contributed by atoms with Gasteiger partial charge in [0, 0.05) is 55.9 Å². The molecule has 0 radical (unpaired) electrons. The largest absolute Gasteiger partial charge is 0.493 e. The highest BCUT2D eigenvalue weighted by Crippen LogP contribution is 2.30. The number of benzene rings is 2. The van der Waals surface area contributed by atoms with E-state index >= 15 is 0 Å². The van der Waals surface area contributed by atoms with Gasteiger partial charge in [0.15, 0.2) is 0 Å². The molecule has 2 aliphatic heterocycles. The van der Waals surface area contributed by atoms with Crippen LogP contribution in [0.2, 0.25) is 0 Å². The van der Waals surface area contributed by atoms with Crippen molar-refractivity contribution in [1.82, 2.24) is 4.90 Å². The summed E-state index contributed by atoms with van der Waals surface area (Å²) in [5.74, 6) is 1.58. The Labute approximate surface area is 194 Å². The Balaban J connectivity index is 1.08. The molecule has 1 aromatic heterocycles. The molecule has 3 aromatic rings. The third-order valence-electron chi connectivity index (χ3n) is 6.69. The minimum Gasteiger partial charge on any atom is -0.493 e. The molecule has 5 rings (SSSR count). The number of nitrogens with zero attached hydrogens (tertiary/aromatic N) is 3. The quantitative estimate of drug-likeness (QED) is 0.547. The van der Waals surface area contributed by atoms with Gasteiger partial charge in [0.1, 0.15) is 11.3 Å². The van der Waals surface area contributed by atoms with E-state index in [0.717, 1.165) is 81.7 Å². The van der Waals surface area contributed by atoms with Crippen LogP contribution in [0.4, 0.5) is 16.4 Å². The zero-order valence-corrected chi connectivity index (χ0v) is 19.0. The summed E-state index contributed by atoms with van der Waals surface area (Å²) < 4.78 is 11.7. The monoisotopic (exact) mass is 448 g/mol. The number of aryl methyl sites for hydroxylation is 1. The van der Waals surface area contributed by atoms with Gasteiger partial charge < -0.3 is 19.8 Å². The van der Waals surface area contributed by atoms with E-state index in [1.807, 2.05) is 30.3 Å². The van der Waals surface area contributed by atoms with Gasteiger partial charge >= 0.3 is 6.03 Å². The van der Waals surface area contributed by atoms with E-state index in [1.165, 1.54) is 16.2 Å². The summed E-state index contributed by atoms with van der Waals surface area (Å²) in [5.41, 5.74) is 8.99. The standard InChI is InChI=1S/C26H32N4O3/c27-26(31)30(25-18-21-6-1-2-8-23(21)33-25)12-4-3-11-28-13-15-29(16-14-28)22-10-9-20-7-5-17-32-24(20)19-22/h1-2,6,8-10,18-19H,3-5,7,11-17H2,(H2,27,31). The van der Waals surface area contributed by atoms with E-state index in [2.05, 4.69) is 28.0 Å². The zero-order valence-electron chi connectivity index (χ0n) is 19.0. The van der Waals surface area contributed by atoms with Crippen LogP contribution < -0.4 is 20.3 Å². The highest BCUT2D eigenvalue weighted by atomic mass is 16.5. The summed E-state index contributed by atoms with van der Waals surface area (Å²) in [5, 5.41) is 0.974. The first-order chi connectivity index (χ1) is 16.2. The van der Waals surface area contributed by atoms with E-state index in [9.17, 15) is 4.79 Å². The van der Waals surface area contributed by atoms with Crippen LogP contribution in [0.25, 0.3) is 11.0 Å². The van der Waals surface area contributed by atoms with Crippen LogP contribution in [0.15, 0.2) is 52.9 Å². The molecule has 33 heavy (non-hydrogen) atoms. The second-order valence-corrected chi connectivity index (χ2v) is 8.89. The van der Waals surface area contributed by atoms with E-state index in [-0.39, 0.29) is 0 Å². The van der Waals surface area contributed by atoms with Crippen LogP contribution in [-0.2, 0) is 6.42 Å². The fourth-order valence-electron chi connectivity index (χ4n) is 4.79. The topological polar surface area (TPSA) is 75.2 Å². The van der Waals surface area contributed by atoms with Gasteiger partial charge in [-0.25, -0.2) is 4.79 Å². The Morgan fingerprint density at radius 1 is 1.03 bits per heavy atom. The molecule has 3 heterocycles. The first-order valence-corrected chi connectivity index (χ1v) is 12.0. The highest BCUT2D eigenvalue weighted by molar-refractivity contribution is 5.92. The van der Waals surface area contributed by atoms with Crippen molar-refractivity contribution in [3.63, 3.8) is 0 Å². The molecule has 174 valence electrons. The number of unbranched alkanes of at least 4 members (excludes halogenated alkanes) is 1. The molecular weight excluding hydrogens is 416 g/mol. The van der Waals surface area contributed by atoms with Crippen molar-refractivity contribution in [3.8, 4) is 5.75 Å². The lowest BCUT2D eigenvalue weighted by atomic mass is 10.1. The highest BCUT2D eigenvalue weighted by Gasteiger charge is 2.20. The number of para-hydroxylation sites is 1. The summed E-state index contributed by atoms with van der Waals surface area (Å²) in [6.45, 7) is 6.53. The van der Waals surface area contributed by atoms with Gasteiger partial charge in [-0.2, -0.15) is 0 Å². The van der Waals surface area contributed by atoms with Crippen LogP contribution in [-0.4, -0.2) is 56.8 Å². The molecule has 0 saturated carbocycles. The number of rotatable bonds is 7. The van der Waals surface area contributed by atoms with Crippen LogP contribution in [0.1, 0.15) is 24.8 Å². The van der Waals surface area contributed by atoms with Gasteiger partial charge in [-0.3, -0.25) is 9.80 Å². The van der Waals surface area contributed by atoms with Crippen molar-refractivity contribution in [2.24, 2.45) is 5.73 Å². The normalized spacial score (nSPS) is 16.4. The maximum Gasteiger partial charge on any atom is 0.321 e. The average molecular weight is 449 g/mol. The maximum absolute atomic E-state index is 12.0. The minimum absolute atomic E-state index is 0.475. The fourth-order valence-corrected chi connectivity index (χ4v) is 4.79. The fraction of sp³-hybridized carbons (Fsp3) is 0.423. The number of amides is 2. The van der Waals surface area contributed by atoms with Crippen LogP contribution in [0, 0.1) is 0 Å². The second kappa shape index (κ2) is 9.75. The van der Waals surface area contributed by atoms with Gasteiger partial charge in [0.05, 0.1) is 6.61 Å². The van der Waals surface area contributed by atoms with Gasteiger partial charge in [0.25, 0.3) is 0 Å². The molecule has 0 unspecified atom stereocenters. The first kappa shape index (κ1) is 21.6. The summed E-state index contributed by atoms with van der Waals surface area (Å²) in [6.07, 6.45) is 4.12. The molecule has 1 saturated heterocycles. The molecule has 0 atom stereocenters. The molecule has 2 aromatic carbocycles. The van der Waals surface area contributed by atoms with Crippen molar-refractivity contribution in [2.45, 2.75) is 25.7 Å². The number of urea groups is 1. The minimum atomic E-state index is -0.475. The van der Waals surface area contributed by atoms with Gasteiger partial charge in [-0.1, -0.05) is 24.3 Å². The molecule has 7 heteroatoms. The molecule has 0 bridgehead atoms. The molecule has 2 aliphatic rings. The Morgan fingerprint density at radius 3 is 2.70 bits per heavy atom. The first-order valence-electron chi connectivity index (χ1n) is 12.0. The van der Waals surface area contributed by atoms with Crippen LogP contribution in [0.5, 0.6) is 5.75 Å². The number of primary amides is 1. The van der Waals surface area contributed by atoms with Crippen molar-refractivity contribution >= 4 is 28.6 Å². The average Bonchev–Trinajstić information content (AvgIpc) is 3.27. The Hall–Kier alpha value is -3.19. The number of anilines is 2. The third kappa shape index (κ3) is 4.93. The molecule has 2 N–H and O–H groups in total. The summed E-state index contributed by atoms with van der Waals surface area (Å²) in [7, 11) is 0. The van der Waals surface area contributed by atoms with E-state index in [4.69, 9.17) is 14.9 Å². The van der Waals surface area contributed by atoms with Crippen LogP contribution >= 0.6 is 0 Å². The number of hydrogen-bond donors (Lipinski definition) is 1. The van der Waals surface area contributed by atoms with E-state index < -0.39 is 6.03 Å². The second-order valence-electron chi connectivity index (χ2n) is 8.89. The number of furan rings is 1. The molecule has 0 aliphatic carbocycles. The summed E-state index contributed by atoms with van der Waals surface area (Å²) in [6, 6.07) is 15.8. The van der Waals surface area contributed by atoms with Gasteiger partial charge in [-0.05, 0) is 49.9 Å². The third-order valence-corrected chi connectivity index (χ3v) is 6.69. The van der Waals surface area contributed by atoms with Crippen molar-refractivity contribution in [3.05, 3.63) is 54.1 Å². The van der Waals surface area contributed by atoms with Gasteiger partial charge in [0.2, 0.25) is 5.88 Å². The number of nitrogens with two attached hydrogens (primary N) is 1. The summed E-state index contributed by atoms with van der Waals surface area (Å²) in [4.78, 5) is 18.5. The van der Waals surface area contributed by atoms with Crippen LogP contribution in [0.3, 0.4) is 0 Å². The van der Waals surface area contributed by atoms with E-state index in [1.54, 1.807) is 0 Å². The lowest BCUT2D eigenvalue weighted by molar-refractivity contribution is 0.248. The van der Waals surface area contributed by atoms with Crippen molar-refractivity contribution in [1.29, 1.82) is 0 Å². The number of carbonyl (C=O) groups is 1. The van der Waals surface area contributed by atoms with E-state index in [0.29, 0.717) is 12.4 Å². The molecular formula is C26H32N4O3. The predicted octanol–water partition coefficient (Wildman–Crippen LogP) is 4.25. The number of hydrogen-bond acceptors (Lipinski definition) is 5. The van der Waals surface area contributed by atoms with Crippen molar-refractivity contribution < 1.29 is 13.9 Å². The Kier molecular flexibility index (Phi) is 6.39. The number of carbonyl (C=O) groups excluding carboxylic acids is 1. The maximum atomic E-state index is 12.0. The Morgan fingerprint density at radius 2 is 1.88 bits per heavy atom. The summed E-state index contributed by atoms with van der Waals surface area (Å²) >= 11 is 0. The zero-order chi connectivity index (χ0) is 22.6. The number of fused-ring (bicyclic) bond motifs is 2. The van der Waals surface area contributed by atoms with Gasteiger partial charge in [-0.15, -0.1) is 0 Å². The SMILES string of the molecule is NC(=O)N(CCCCN1CCN(c2ccc3c(c2)OCCC3)CC1)c1cc2ccccc2o1. The Bertz CT molecular complexity index is 1070. The predicted molar refractivity (Wildman–Crippen MR) is 131 cm³/mol. The smallest absolute Gasteiger partial charge is 0.321 e. The molecule has 7 nitrogen and oxygen atoms in total. The molecule has 1 fully saturated rings. The number of piperazine rings is 1. The lowest BCUT2D eigenvalue weighted by Gasteiger charge is -2.36. The number of ether oxygens (including phenoxy) is 1. The van der Waals surface area contributed by atoms with Crippen molar-refractivity contribution in [2.75, 3.05) is 55.7 Å². The lowest BCUT2D eigenvalue weighted by Crippen LogP contribution is -2.46.